The molecule has 0 spiro atoms. The Bertz CT molecular complexity index is 734. The first kappa shape index (κ1) is 20.8. The summed E-state index contributed by atoms with van der Waals surface area (Å²) in [7, 11) is 0. The summed E-state index contributed by atoms with van der Waals surface area (Å²) < 4.78 is 2.03. The maximum Gasteiger partial charge on any atom is 0.236 e. The van der Waals surface area contributed by atoms with Crippen LogP contribution >= 0.6 is 23.4 Å². The van der Waals surface area contributed by atoms with Crippen molar-refractivity contribution in [3.05, 3.63) is 29.3 Å². The predicted molar refractivity (Wildman–Crippen MR) is 109 cm³/mol. The molecule has 1 atom stereocenters. The van der Waals surface area contributed by atoms with Gasteiger partial charge in [-0.3, -0.25) is 4.79 Å². The molecule has 0 aliphatic rings. The van der Waals surface area contributed by atoms with Crippen molar-refractivity contribution in [2.75, 3.05) is 0 Å². The number of hydrogen-bond acceptors (Lipinski definition) is 4. The van der Waals surface area contributed by atoms with Crippen molar-refractivity contribution < 1.29 is 4.79 Å². The van der Waals surface area contributed by atoms with Gasteiger partial charge in [0.05, 0.1) is 5.25 Å². The molecule has 0 fully saturated rings. The lowest BCUT2D eigenvalue weighted by Gasteiger charge is -2.32. The Morgan fingerprint density at radius 3 is 2.19 bits per heavy atom. The number of benzene rings is 1. The second-order valence-electron chi connectivity index (χ2n) is 6.75. The van der Waals surface area contributed by atoms with Gasteiger partial charge in [-0.25, -0.2) is 0 Å². The fourth-order valence-electron chi connectivity index (χ4n) is 3.00. The molecule has 5 nitrogen and oxygen atoms in total. The molecule has 1 amide bonds. The molecule has 0 radical (unpaired) electrons. The molecule has 2 aromatic rings. The molecule has 1 aromatic carbocycles. The van der Waals surface area contributed by atoms with Gasteiger partial charge in [0.2, 0.25) is 5.91 Å². The number of carbonyl (C=O) groups is 1. The van der Waals surface area contributed by atoms with Crippen molar-refractivity contribution in [1.29, 1.82) is 0 Å². The van der Waals surface area contributed by atoms with Gasteiger partial charge in [0.1, 0.15) is 0 Å². The van der Waals surface area contributed by atoms with Crippen LogP contribution in [0.1, 0.15) is 41.5 Å². The average molecular weight is 395 g/mol. The average Bonchev–Trinajstić information content (AvgIpc) is 2.97. The summed E-state index contributed by atoms with van der Waals surface area (Å²) in [5, 5.41) is 9.88. The van der Waals surface area contributed by atoms with Crippen LogP contribution in [0, 0.1) is 0 Å². The largest absolute Gasteiger partial charge is 0.337 e. The second kappa shape index (κ2) is 8.91. The van der Waals surface area contributed by atoms with Gasteiger partial charge in [-0.15, -0.1) is 10.2 Å². The van der Waals surface area contributed by atoms with Gasteiger partial charge >= 0.3 is 0 Å². The maximum atomic E-state index is 12.9. The van der Waals surface area contributed by atoms with Gasteiger partial charge in [0.25, 0.3) is 0 Å². The van der Waals surface area contributed by atoms with Gasteiger partial charge in [-0.1, -0.05) is 23.4 Å². The molecule has 142 valence electrons. The van der Waals surface area contributed by atoms with E-state index < -0.39 is 0 Å². The van der Waals surface area contributed by atoms with E-state index in [0.29, 0.717) is 5.02 Å². The summed E-state index contributed by atoms with van der Waals surface area (Å²) in [4.78, 5) is 14.8. The van der Waals surface area contributed by atoms with E-state index in [9.17, 15) is 4.79 Å². The highest BCUT2D eigenvalue weighted by molar-refractivity contribution is 8.00. The normalized spacial score (nSPS) is 12.7. The molecule has 7 heteroatoms. The number of thioether (sulfide) groups is 1. The number of amides is 1. The first-order valence-electron chi connectivity index (χ1n) is 8.94. The molecule has 1 heterocycles. The molecule has 26 heavy (non-hydrogen) atoms. The monoisotopic (exact) mass is 394 g/mol. The van der Waals surface area contributed by atoms with Crippen molar-refractivity contribution in [2.24, 2.45) is 0 Å². The van der Waals surface area contributed by atoms with E-state index in [0.717, 1.165) is 23.1 Å². The molecular formula is C19H27ClN4OS. The SMILES string of the molecule is CCn1c(S[C@H](C)C(=O)N(C(C)C)C(C)C)nnc1-c1ccc(Cl)cc1. The topological polar surface area (TPSA) is 51.0 Å². The van der Waals surface area contributed by atoms with Crippen LogP contribution < -0.4 is 0 Å². The highest BCUT2D eigenvalue weighted by Gasteiger charge is 2.27. The number of nitrogens with zero attached hydrogens (tertiary/aromatic N) is 4. The summed E-state index contributed by atoms with van der Waals surface area (Å²) in [6, 6.07) is 7.88. The maximum absolute atomic E-state index is 12.9. The van der Waals surface area contributed by atoms with Crippen LogP contribution in [0.4, 0.5) is 0 Å². The van der Waals surface area contributed by atoms with Crippen molar-refractivity contribution in [1.82, 2.24) is 19.7 Å². The third-order valence-electron chi connectivity index (χ3n) is 4.13. The molecule has 0 unspecified atom stereocenters. The van der Waals surface area contributed by atoms with Crippen molar-refractivity contribution in [2.45, 2.75) is 70.6 Å². The van der Waals surface area contributed by atoms with Crippen molar-refractivity contribution in [3.8, 4) is 11.4 Å². The van der Waals surface area contributed by atoms with Crippen LogP contribution in [0.3, 0.4) is 0 Å². The summed E-state index contributed by atoms with van der Waals surface area (Å²) >= 11 is 7.43. The zero-order valence-corrected chi connectivity index (χ0v) is 17.8. The molecule has 0 N–H and O–H groups in total. The standard InChI is InChI=1S/C19H27ClN4OS/c1-7-23-17(15-8-10-16(20)11-9-15)21-22-19(23)26-14(6)18(25)24(12(2)3)13(4)5/h8-14H,7H2,1-6H3/t14-/m1/s1. The summed E-state index contributed by atoms with van der Waals surface area (Å²) in [6.07, 6.45) is 0. The van der Waals surface area contributed by atoms with E-state index in [2.05, 4.69) is 10.2 Å². The number of halogens is 1. The van der Waals surface area contributed by atoms with Gasteiger partial charge in [0, 0.05) is 29.2 Å². The van der Waals surface area contributed by atoms with E-state index in [1.165, 1.54) is 11.8 Å². The predicted octanol–water partition coefficient (Wildman–Crippen LogP) is 4.74. The Labute approximate surface area is 165 Å². The molecule has 0 saturated carbocycles. The van der Waals surface area contributed by atoms with E-state index in [4.69, 9.17) is 11.6 Å². The summed E-state index contributed by atoms with van der Waals surface area (Å²) in [6.45, 7) is 12.9. The third kappa shape index (κ3) is 4.60. The Balaban J connectivity index is 2.24. The number of hydrogen-bond donors (Lipinski definition) is 0. The molecular weight excluding hydrogens is 368 g/mol. The first-order chi connectivity index (χ1) is 12.3. The van der Waals surface area contributed by atoms with Crippen LogP contribution in [0.2, 0.25) is 5.02 Å². The molecule has 0 bridgehead atoms. The molecule has 0 aliphatic carbocycles. The zero-order chi connectivity index (χ0) is 19.4. The van der Waals surface area contributed by atoms with Crippen molar-refractivity contribution in [3.63, 3.8) is 0 Å². The lowest BCUT2D eigenvalue weighted by molar-refractivity contribution is -0.133. The second-order valence-corrected chi connectivity index (χ2v) is 8.49. The summed E-state index contributed by atoms with van der Waals surface area (Å²) in [5.74, 6) is 0.912. The van der Waals surface area contributed by atoms with Crippen molar-refractivity contribution >= 4 is 29.3 Å². The Morgan fingerprint density at radius 2 is 1.69 bits per heavy atom. The highest BCUT2D eigenvalue weighted by Crippen LogP contribution is 2.28. The minimum absolute atomic E-state index is 0.124. The van der Waals surface area contributed by atoms with E-state index >= 15 is 0 Å². The van der Waals surface area contributed by atoms with Gasteiger partial charge in [-0.2, -0.15) is 0 Å². The number of aromatic nitrogens is 3. The number of rotatable bonds is 7. The fraction of sp³-hybridized carbons (Fsp3) is 0.526. The van der Waals surface area contributed by atoms with Crippen LogP contribution in [-0.4, -0.2) is 42.9 Å². The lowest BCUT2D eigenvalue weighted by Crippen LogP contribution is -2.45. The fourth-order valence-corrected chi connectivity index (χ4v) is 4.09. The van der Waals surface area contributed by atoms with Crippen LogP contribution in [0.15, 0.2) is 29.4 Å². The minimum atomic E-state index is -0.229. The minimum Gasteiger partial charge on any atom is -0.337 e. The quantitative estimate of drug-likeness (QED) is 0.636. The number of carbonyl (C=O) groups excluding carboxylic acids is 1. The Morgan fingerprint density at radius 1 is 1.12 bits per heavy atom. The van der Waals surface area contributed by atoms with E-state index in [1.54, 1.807) is 0 Å². The Hall–Kier alpha value is -1.53. The molecule has 1 aromatic heterocycles. The molecule has 0 aliphatic heterocycles. The van der Waals surface area contributed by atoms with Crippen LogP contribution in [-0.2, 0) is 11.3 Å². The summed E-state index contributed by atoms with van der Waals surface area (Å²) in [5.41, 5.74) is 0.959. The molecule has 0 saturated heterocycles. The molecule has 2 rings (SSSR count). The first-order valence-corrected chi connectivity index (χ1v) is 10.2. The van der Waals surface area contributed by atoms with Crippen LogP contribution in [0.5, 0.6) is 0 Å². The third-order valence-corrected chi connectivity index (χ3v) is 5.45. The highest BCUT2D eigenvalue weighted by atomic mass is 35.5. The van der Waals surface area contributed by atoms with Gasteiger partial charge < -0.3 is 9.47 Å². The van der Waals surface area contributed by atoms with Gasteiger partial charge in [0.15, 0.2) is 11.0 Å². The smallest absolute Gasteiger partial charge is 0.236 e. The van der Waals surface area contributed by atoms with Crippen LogP contribution in [0.25, 0.3) is 11.4 Å². The van der Waals surface area contributed by atoms with E-state index in [-0.39, 0.29) is 23.2 Å². The Kier molecular flexibility index (Phi) is 7.12. The van der Waals surface area contributed by atoms with Gasteiger partial charge in [-0.05, 0) is 65.8 Å². The zero-order valence-electron chi connectivity index (χ0n) is 16.2. The van der Waals surface area contributed by atoms with E-state index in [1.807, 2.05) is 75.3 Å². The lowest BCUT2D eigenvalue weighted by atomic mass is 10.2.